The van der Waals surface area contributed by atoms with E-state index in [-0.39, 0.29) is 18.2 Å². The number of ether oxygens (including phenoxy) is 2. The molecule has 0 saturated heterocycles. The zero-order valence-corrected chi connectivity index (χ0v) is 17.0. The van der Waals surface area contributed by atoms with E-state index in [1.54, 1.807) is 38.1 Å². The lowest BCUT2D eigenvalue weighted by Gasteiger charge is -2.30. The summed E-state index contributed by atoms with van der Waals surface area (Å²) in [5, 5.41) is 5.80. The Labute approximate surface area is 168 Å². The van der Waals surface area contributed by atoms with Gasteiger partial charge in [-0.3, -0.25) is 4.79 Å². The Kier molecular flexibility index (Phi) is 7.23. The van der Waals surface area contributed by atoms with Gasteiger partial charge in [0, 0.05) is 29.4 Å². The molecule has 150 valence electrons. The Hall–Kier alpha value is -2.80. The summed E-state index contributed by atoms with van der Waals surface area (Å²) in [6.07, 6.45) is 0.179. The third-order valence-corrected chi connectivity index (χ3v) is 4.59. The van der Waals surface area contributed by atoms with E-state index in [2.05, 4.69) is 10.6 Å². The minimum absolute atomic E-state index is 0.179. The Morgan fingerprint density at radius 3 is 2.14 bits per heavy atom. The van der Waals surface area contributed by atoms with Crippen LogP contribution in [0.2, 0.25) is 0 Å². The van der Waals surface area contributed by atoms with Crippen LogP contribution in [-0.2, 0) is 23.9 Å². The van der Waals surface area contributed by atoms with Gasteiger partial charge in [0.1, 0.15) is 0 Å². The number of benzene rings is 1. The van der Waals surface area contributed by atoms with Crippen LogP contribution in [0, 0.1) is 0 Å². The Bertz CT molecular complexity index is 822. The summed E-state index contributed by atoms with van der Waals surface area (Å²) in [5.41, 5.74) is 2.95. The second-order valence-corrected chi connectivity index (χ2v) is 6.61. The maximum absolute atomic E-state index is 12.5. The zero-order chi connectivity index (χ0) is 20.8. The van der Waals surface area contributed by atoms with E-state index in [0.29, 0.717) is 33.8 Å². The molecule has 0 aliphatic carbocycles. The molecule has 0 fully saturated rings. The zero-order valence-electron chi connectivity index (χ0n) is 16.2. The van der Waals surface area contributed by atoms with Crippen molar-refractivity contribution >= 4 is 35.1 Å². The Morgan fingerprint density at radius 2 is 1.64 bits per heavy atom. The molecule has 8 heteroatoms. The molecule has 0 saturated carbocycles. The highest BCUT2D eigenvalue weighted by Crippen LogP contribution is 2.39. The van der Waals surface area contributed by atoms with E-state index in [1.807, 2.05) is 0 Å². The number of carbonyl (C=O) groups excluding carboxylic acids is 3. The van der Waals surface area contributed by atoms with Gasteiger partial charge in [-0.2, -0.15) is 0 Å². The summed E-state index contributed by atoms with van der Waals surface area (Å²) in [4.78, 5) is 36.9. The van der Waals surface area contributed by atoms with Crippen molar-refractivity contribution in [3.63, 3.8) is 0 Å². The fourth-order valence-electron chi connectivity index (χ4n) is 3.19. The normalized spacial score (nSPS) is 14.5. The van der Waals surface area contributed by atoms with E-state index in [1.165, 1.54) is 14.2 Å². The molecular weight excluding hydrogens is 384 g/mol. The largest absolute Gasteiger partial charge is 0.466 e. The van der Waals surface area contributed by atoms with Gasteiger partial charge < -0.3 is 20.1 Å². The third-order valence-electron chi connectivity index (χ3n) is 4.40. The van der Waals surface area contributed by atoms with Crippen molar-refractivity contribution in [2.75, 3.05) is 25.4 Å². The Balaban J connectivity index is 2.58. The average Bonchev–Trinajstić information content (AvgIpc) is 2.66. The van der Waals surface area contributed by atoms with E-state index < -0.39 is 17.9 Å². The van der Waals surface area contributed by atoms with Gasteiger partial charge in [0.15, 0.2) is 0 Å². The first-order chi connectivity index (χ1) is 13.3. The Morgan fingerprint density at radius 1 is 1.07 bits per heavy atom. The second-order valence-electron chi connectivity index (χ2n) is 6.23. The van der Waals surface area contributed by atoms with Crippen LogP contribution in [0.5, 0.6) is 0 Å². The highest BCUT2D eigenvalue weighted by atomic mass is 35.5. The van der Waals surface area contributed by atoms with Gasteiger partial charge in [-0.05, 0) is 31.5 Å². The number of allylic oxidation sites excluding steroid dienone is 2. The van der Waals surface area contributed by atoms with E-state index in [0.717, 1.165) is 0 Å². The number of hydrogen-bond donors (Lipinski definition) is 2. The SMILES string of the molecule is COC(=O)C1=C(C)NC(C)=C(C(=O)OC)C1c1cccc(NC(=O)CCCl)c1. The third kappa shape index (κ3) is 4.54. The number of halogens is 1. The van der Waals surface area contributed by atoms with Gasteiger partial charge in [-0.1, -0.05) is 12.1 Å². The molecule has 28 heavy (non-hydrogen) atoms. The van der Waals surface area contributed by atoms with Gasteiger partial charge >= 0.3 is 11.9 Å². The van der Waals surface area contributed by atoms with Crippen molar-refractivity contribution < 1.29 is 23.9 Å². The molecule has 1 amide bonds. The molecule has 1 heterocycles. The van der Waals surface area contributed by atoms with E-state index >= 15 is 0 Å². The van der Waals surface area contributed by atoms with Crippen molar-refractivity contribution in [1.29, 1.82) is 0 Å². The molecule has 1 aromatic rings. The molecule has 1 aliphatic heterocycles. The van der Waals surface area contributed by atoms with Crippen LogP contribution < -0.4 is 10.6 Å². The fourth-order valence-corrected chi connectivity index (χ4v) is 3.37. The number of amides is 1. The van der Waals surface area contributed by atoms with Crippen LogP contribution in [0.1, 0.15) is 31.7 Å². The highest BCUT2D eigenvalue weighted by molar-refractivity contribution is 6.19. The summed E-state index contributed by atoms with van der Waals surface area (Å²) in [7, 11) is 2.57. The summed E-state index contributed by atoms with van der Waals surface area (Å²) in [6.45, 7) is 3.48. The van der Waals surface area contributed by atoms with Crippen molar-refractivity contribution in [3.8, 4) is 0 Å². The average molecular weight is 407 g/mol. The number of carbonyl (C=O) groups is 3. The van der Waals surface area contributed by atoms with Crippen molar-refractivity contribution in [2.45, 2.75) is 26.2 Å². The first-order valence-electron chi connectivity index (χ1n) is 8.65. The molecule has 0 aromatic heterocycles. The molecule has 1 aromatic carbocycles. The van der Waals surface area contributed by atoms with Crippen molar-refractivity contribution in [3.05, 3.63) is 52.4 Å². The second kappa shape index (κ2) is 9.41. The minimum Gasteiger partial charge on any atom is -0.466 e. The van der Waals surface area contributed by atoms with Crippen LogP contribution in [0.25, 0.3) is 0 Å². The maximum Gasteiger partial charge on any atom is 0.336 e. The number of esters is 2. The van der Waals surface area contributed by atoms with Gasteiger partial charge in [0.2, 0.25) is 5.91 Å². The topological polar surface area (TPSA) is 93.7 Å². The van der Waals surface area contributed by atoms with E-state index in [9.17, 15) is 14.4 Å². The fraction of sp³-hybridized carbons (Fsp3) is 0.350. The molecule has 0 unspecified atom stereocenters. The molecule has 7 nitrogen and oxygen atoms in total. The van der Waals surface area contributed by atoms with Crippen LogP contribution in [0.3, 0.4) is 0 Å². The molecule has 1 aliphatic rings. The lowest BCUT2D eigenvalue weighted by atomic mass is 9.80. The van der Waals surface area contributed by atoms with Crippen LogP contribution in [0.15, 0.2) is 46.8 Å². The number of hydrogen-bond acceptors (Lipinski definition) is 6. The van der Waals surface area contributed by atoms with E-state index in [4.69, 9.17) is 21.1 Å². The molecule has 2 rings (SSSR count). The van der Waals surface area contributed by atoms with Crippen LogP contribution in [0.4, 0.5) is 5.69 Å². The number of methoxy groups -OCH3 is 2. The smallest absolute Gasteiger partial charge is 0.336 e. The van der Waals surface area contributed by atoms with Crippen LogP contribution in [-0.4, -0.2) is 37.9 Å². The number of anilines is 1. The molecule has 2 N–H and O–H groups in total. The molecule has 0 bridgehead atoms. The van der Waals surface area contributed by atoms with Gasteiger partial charge in [0.05, 0.1) is 31.3 Å². The van der Waals surface area contributed by atoms with Crippen LogP contribution >= 0.6 is 11.6 Å². The summed E-state index contributed by atoms with van der Waals surface area (Å²) >= 11 is 5.60. The lowest BCUT2D eigenvalue weighted by molar-refractivity contribution is -0.137. The number of dihydropyridines is 1. The molecule has 0 spiro atoms. The first-order valence-corrected chi connectivity index (χ1v) is 9.18. The molecule has 0 radical (unpaired) electrons. The minimum atomic E-state index is -0.703. The molecular formula is C20H23ClN2O5. The van der Waals surface area contributed by atoms with Gasteiger partial charge in [-0.15, -0.1) is 11.6 Å². The maximum atomic E-state index is 12.5. The monoisotopic (exact) mass is 406 g/mol. The summed E-state index contributed by atoms with van der Waals surface area (Å²) < 4.78 is 9.88. The van der Waals surface area contributed by atoms with Crippen molar-refractivity contribution in [2.24, 2.45) is 0 Å². The van der Waals surface area contributed by atoms with Gasteiger partial charge in [0.25, 0.3) is 0 Å². The quantitative estimate of drug-likeness (QED) is 0.557. The highest BCUT2D eigenvalue weighted by Gasteiger charge is 2.37. The number of alkyl halides is 1. The number of nitrogens with one attached hydrogen (secondary N) is 2. The summed E-state index contributed by atoms with van der Waals surface area (Å²) in [5.74, 6) is -1.83. The molecule has 0 atom stereocenters. The predicted molar refractivity (Wildman–Crippen MR) is 106 cm³/mol. The lowest BCUT2D eigenvalue weighted by Crippen LogP contribution is -2.32. The standard InChI is InChI=1S/C20H23ClN2O5/c1-11-16(19(25)27-3)18(17(12(2)22-11)20(26)28-4)13-6-5-7-14(10-13)23-15(24)8-9-21/h5-7,10,18,22H,8-9H2,1-4H3,(H,23,24). The van der Waals surface area contributed by atoms with Gasteiger partial charge in [-0.25, -0.2) is 9.59 Å². The number of rotatable bonds is 6. The first kappa shape index (κ1) is 21.5. The van der Waals surface area contributed by atoms with Crippen molar-refractivity contribution in [1.82, 2.24) is 5.32 Å². The summed E-state index contributed by atoms with van der Waals surface area (Å²) in [6, 6.07) is 6.95. The predicted octanol–water partition coefficient (Wildman–Crippen LogP) is 2.83.